The maximum absolute atomic E-state index is 9.11. The molecule has 3 N–H and O–H groups in total. The van der Waals surface area contributed by atoms with Crippen molar-refractivity contribution in [3.05, 3.63) is 0 Å². The van der Waals surface area contributed by atoms with Gasteiger partial charge in [0.25, 0.3) is 0 Å². The number of nitrogens with two attached hydrogens (primary N) is 1. The fraction of sp³-hybridized carbons (Fsp3) is 1.00. The normalized spacial score (nSPS) is 46.4. The van der Waals surface area contributed by atoms with Crippen LogP contribution in [0.2, 0.25) is 0 Å². The minimum Gasteiger partial charge on any atom is -0.396 e. The van der Waals surface area contributed by atoms with Crippen molar-refractivity contribution in [3.8, 4) is 0 Å². The van der Waals surface area contributed by atoms with Gasteiger partial charge in [-0.1, -0.05) is 6.42 Å². The van der Waals surface area contributed by atoms with Gasteiger partial charge in [0.05, 0.1) is 0 Å². The van der Waals surface area contributed by atoms with Gasteiger partial charge in [0.2, 0.25) is 0 Å². The fourth-order valence-corrected chi connectivity index (χ4v) is 2.77. The van der Waals surface area contributed by atoms with E-state index in [0.29, 0.717) is 12.0 Å². The Balaban J connectivity index is 0.000000605. The Hall–Kier alpha value is 0.210. The molecule has 0 amide bonds. The van der Waals surface area contributed by atoms with Gasteiger partial charge < -0.3 is 10.8 Å². The van der Waals surface area contributed by atoms with Gasteiger partial charge in [0.1, 0.15) is 0 Å². The van der Waals surface area contributed by atoms with Crippen LogP contribution >= 0.6 is 12.4 Å². The maximum atomic E-state index is 9.11. The highest BCUT2D eigenvalue weighted by Crippen LogP contribution is 2.72. The molecule has 2 atom stereocenters. The number of fused-ring (bicyclic) bond motifs is 1. The van der Waals surface area contributed by atoms with E-state index >= 15 is 0 Å². The molecule has 0 bridgehead atoms. The van der Waals surface area contributed by atoms with E-state index in [1.807, 2.05) is 0 Å². The zero-order chi connectivity index (χ0) is 7.24. The van der Waals surface area contributed by atoms with Gasteiger partial charge in [-0.05, 0) is 31.2 Å². The summed E-state index contributed by atoms with van der Waals surface area (Å²) in [5, 5.41) is 9.11. The highest BCUT2D eigenvalue weighted by atomic mass is 35.5. The lowest BCUT2D eigenvalue weighted by Crippen LogP contribution is -2.20. The maximum Gasteiger partial charge on any atom is 0.0493 e. The number of halogens is 1. The summed E-state index contributed by atoms with van der Waals surface area (Å²) >= 11 is 0. The fourth-order valence-electron chi connectivity index (χ4n) is 2.77. The summed E-state index contributed by atoms with van der Waals surface area (Å²) in [5.74, 6) is 0. The quantitative estimate of drug-likeness (QED) is 0.659. The van der Waals surface area contributed by atoms with Crippen LogP contribution in [0.3, 0.4) is 0 Å². The average molecular weight is 178 g/mol. The lowest BCUT2D eigenvalue weighted by Gasteiger charge is -2.12. The molecular weight excluding hydrogens is 162 g/mol. The molecule has 2 fully saturated rings. The van der Waals surface area contributed by atoms with Crippen LogP contribution in [0.25, 0.3) is 0 Å². The monoisotopic (exact) mass is 177 g/mol. The average Bonchev–Trinajstić information content (AvgIpc) is 2.51. The first-order valence-corrected chi connectivity index (χ1v) is 4.10. The molecule has 0 aromatic carbocycles. The molecule has 3 heteroatoms. The Kier molecular flexibility index (Phi) is 2.21. The summed E-state index contributed by atoms with van der Waals surface area (Å²) in [7, 11) is 0. The van der Waals surface area contributed by atoms with Gasteiger partial charge in [0, 0.05) is 12.0 Å². The Morgan fingerprint density at radius 1 is 1.27 bits per heavy atom. The lowest BCUT2D eigenvalue weighted by molar-refractivity contribution is 0.188. The molecule has 2 aliphatic carbocycles. The predicted octanol–water partition coefficient (Wildman–Crippen LogP) is 0.920. The van der Waals surface area contributed by atoms with Crippen LogP contribution in [0.4, 0.5) is 0 Å². The predicted molar refractivity (Wildman–Crippen MR) is 46.7 cm³/mol. The van der Waals surface area contributed by atoms with E-state index < -0.39 is 0 Å². The van der Waals surface area contributed by atoms with Crippen LogP contribution in [-0.2, 0) is 0 Å². The van der Waals surface area contributed by atoms with E-state index in [1.54, 1.807) is 0 Å². The van der Waals surface area contributed by atoms with Crippen LogP contribution in [0, 0.1) is 10.8 Å². The SMILES string of the molecule is Cl.NCC12CCCC1(CO)C2. The van der Waals surface area contributed by atoms with Crippen molar-refractivity contribution in [1.29, 1.82) is 0 Å². The third-order valence-corrected chi connectivity index (χ3v) is 3.68. The second-order valence-electron chi connectivity index (χ2n) is 3.95. The molecule has 2 rings (SSSR count). The van der Waals surface area contributed by atoms with Crippen LogP contribution in [-0.4, -0.2) is 18.3 Å². The molecule has 66 valence electrons. The zero-order valence-electron chi connectivity index (χ0n) is 6.68. The lowest BCUT2D eigenvalue weighted by atomic mass is 9.97. The first-order valence-electron chi connectivity index (χ1n) is 4.10. The van der Waals surface area contributed by atoms with Crippen LogP contribution < -0.4 is 5.73 Å². The first kappa shape index (κ1) is 9.30. The Bertz CT molecular complexity index is 148. The second kappa shape index (κ2) is 2.61. The summed E-state index contributed by atoms with van der Waals surface area (Å²) in [5.41, 5.74) is 6.32. The number of rotatable bonds is 2. The first-order chi connectivity index (χ1) is 4.79. The van der Waals surface area contributed by atoms with Crippen LogP contribution in [0.15, 0.2) is 0 Å². The highest BCUT2D eigenvalue weighted by molar-refractivity contribution is 5.85. The van der Waals surface area contributed by atoms with E-state index in [9.17, 15) is 0 Å². The van der Waals surface area contributed by atoms with Crippen LogP contribution in [0.1, 0.15) is 25.7 Å². The van der Waals surface area contributed by atoms with Gasteiger partial charge in [-0.25, -0.2) is 0 Å². The Morgan fingerprint density at radius 2 is 1.91 bits per heavy atom. The minimum atomic E-state index is 0. The molecule has 2 nitrogen and oxygen atoms in total. The molecule has 11 heavy (non-hydrogen) atoms. The summed E-state index contributed by atoms with van der Waals surface area (Å²) in [6.45, 7) is 1.15. The molecule has 0 aliphatic heterocycles. The zero-order valence-corrected chi connectivity index (χ0v) is 7.49. The number of aliphatic hydroxyl groups is 1. The third kappa shape index (κ3) is 0.930. The van der Waals surface area contributed by atoms with Crippen molar-refractivity contribution < 1.29 is 5.11 Å². The minimum absolute atomic E-state index is 0. The summed E-state index contributed by atoms with van der Waals surface area (Å²) < 4.78 is 0. The number of aliphatic hydroxyl groups excluding tert-OH is 1. The molecule has 0 aromatic heterocycles. The molecule has 0 saturated heterocycles. The molecule has 0 spiro atoms. The molecule has 0 heterocycles. The van der Waals surface area contributed by atoms with E-state index in [1.165, 1.54) is 25.7 Å². The third-order valence-electron chi connectivity index (χ3n) is 3.68. The second-order valence-corrected chi connectivity index (χ2v) is 3.95. The van der Waals surface area contributed by atoms with Gasteiger partial charge in [-0.3, -0.25) is 0 Å². The van der Waals surface area contributed by atoms with Crippen LogP contribution in [0.5, 0.6) is 0 Å². The Labute approximate surface area is 73.6 Å². The van der Waals surface area contributed by atoms with Crippen molar-refractivity contribution >= 4 is 12.4 Å². The van der Waals surface area contributed by atoms with E-state index in [-0.39, 0.29) is 17.8 Å². The van der Waals surface area contributed by atoms with Gasteiger partial charge in [-0.2, -0.15) is 0 Å². The van der Waals surface area contributed by atoms with Crippen molar-refractivity contribution in [2.45, 2.75) is 25.7 Å². The Morgan fingerprint density at radius 3 is 2.27 bits per heavy atom. The van der Waals surface area contributed by atoms with Crippen molar-refractivity contribution in [2.75, 3.05) is 13.2 Å². The van der Waals surface area contributed by atoms with Gasteiger partial charge in [-0.15, -0.1) is 12.4 Å². The number of hydrogen-bond acceptors (Lipinski definition) is 2. The molecule has 2 aliphatic rings. The van der Waals surface area contributed by atoms with Crippen molar-refractivity contribution in [2.24, 2.45) is 16.6 Å². The van der Waals surface area contributed by atoms with E-state index in [2.05, 4.69) is 0 Å². The van der Waals surface area contributed by atoms with E-state index in [0.717, 1.165) is 6.54 Å². The topological polar surface area (TPSA) is 46.2 Å². The summed E-state index contributed by atoms with van der Waals surface area (Å²) in [4.78, 5) is 0. The smallest absolute Gasteiger partial charge is 0.0493 e. The standard InChI is InChI=1S/C8H15NO.ClH/c9-5-7-2-1-3-8(7,4-7)6-10;/h10H,1-6,9H2;1H. The molecule has 2 unspecified atom stereocenters. The van der Waals surface area contributed by atoms with Gasteiger partial charge >= 0.3 is 0 Å². The van der Waals surface area contributed by atoms with E-state index in [4.69, 9.17) is 10.8 Å². The van der Waals surface area contributed by atoms with Gasteiger partial charge in [0.15, 0.2) is 0 Å². The molecular formula is C8H16ClNO. The largest absolute Gasteiger partial charge is 0.396 e. The van der Waals surface area contributed by atoms with Crippen molar-refractivity contribution in [3.63, 3.8) is 0 Å². The van der Waals surface area contributed by atoms with Crippen molar-refractivity contribution in [1.82, 2.24) is 0 Å². The number of hydrogen-bond donors (Lipinski definition) is 2. The molecule has 0 aromatic rings. The molecule has 0 radical (unpaired) electrons. The summed E-state index contributed by atoms with van der Waals surface area (Å²) in [6, 6.07) is 0. The molecule has 2 saturated carbocycles. The highest BCUT2D eigenvalue weighted by Gasteiger charge is 2.67. The summed E-state index contributed by atoms with van der Waals surface area (Å²) in [6.07, 6.45) is 4.93.